The second kappa shape index (κ2) is 9.65. The van der Waals surface area contributed by atoms with Gasteiger partial charge >= 0.3 is 0 Å². The molecule has 31 heavy (non-hydrogen) atoms. The number of rotatable bonds is 7. The molecule has 160 valence electrons. The summed E-state index contributed by atoms with van der Waals surface area (Å²) in [5.74, 6) is -0.228. The molecule has 1 saturated carbocycles. The molecule has 5 nitrogen and oxygen atoms in total. The summed E-state index contributed by atoms with van der Waals surface area (Å²) in [5, 5.41) is 3.20. The number of carbonyl (C=O) groups excluding carboxylic acids is 2. The van der Waals surface area contributed by atoms with Gasteiger partial charge in [-0.1, -0.05) is 73.0 Å². The summed E-state index contributed by atoms with van der Waals surface area (Å²) in [7, 11) is 0. The third-order valence-electron chi connectivity index (χ3n) is 5.84. The average molecular weight is 417 g/mol. The van der Waals surface area contributed by atoms with Crippen molar-refractivity contribution in [3.63, 3.8) is 0 Å². The highest BCUT2D eigenvalue weighted by atomic mass is 16.3. The van der Waals surface area contributed by atoms with Crippen LogP contribution in [0.4, 0.5) is 0 Å². The molecule has 1 N–H and O–H groups in total. The number of hydrogen-bond donors (Lipinski definition) is 1. The lowest BCUT2D eigenvalue weighted by Gasteiger charge is -2.32. The molecule has 2 amide bonds. The summed E-state index contributed by atoms with van der Waals surface area (Å²) in [5.41, 5.74) is 2.84. The number of amides is 2. The van der Waals surface area contributed by atoms with Gasteiger partial charge in [-0.05, 0) is 43.0 Å². The fourth-order valence-electron chi connectivity index (χ4n) is 4.17. The molecule has 1 aliphatic carbocycles. The van der Waals surface area contributed by atoms with Gasteiger partial charge in [-0.25, -0.2) is 0 Å². The Morgan fingerprint density at radius 1 is 1.00 bits per heavy atom. The summed E-state index contributed by atoms with van der Waals surface area (Å²) < 4.78 is 5.41. The zero-order chi connectivity index (χ0) is 21.6. The van der Waals surface area contributed by atoms with Gasteiger partial charge in [0.1, 0.15) is 6.04 Å². The van der Waals surface area contributed by atoms with Crippen molar-refractivity contribution in [1.82, 2.24) is 10.2 Å². The molecule has 0 radical (unpaired) electrons. The van der Waals surface area contributed by atoms with E-state index < -0.39 is 6.04 Å². The van der Waals surface area contributed by atoms with Crippen LogP contribution in [0, 0.1) is 6.92 Å². The molecule has 1 unspecified atom stereocenters. The van der Waals surface area contributed by atoms with Crippen molar-refractivity contribution < 1.29 is 14.0 Å². The first kappa shape index (κ1) is 20.9. The van der Waals surface area contributed by atoms with Crippen LogP contribution >= 0.6 is 0 Å². The van der Waals surface area contributed by atoms with Gasteiger partial charge in [-0.3, -0.25) is 9.59 Å². The number of hydrogen-bond acceptors (Lipinski definition) is 3. The van der Waals surface area contributed by atoms with Gasteiger partial charge in [0.25, 0.3) is 5.91 Å². The van der Waals surface area contributed by atoms with E-state index in [1.54, 1.807) is 17.0 Å². The van der Waals surface area contributed by atoms with Gasteiger partial charge < -0.3 is 14.6 Å². The zero-order valence-electron chi connectivity index (χ0n) is 17.8. The van der Waals surface area contributed by atoms with E-state index in [1.165, 1.54) is 6.26 Å². The van der Waals surface area contributed by atoms with Crippen LogP contribution in [-0.4, -0.2) is 22.8 Å². The van der Waals surface area contributed by atoms with Crippen molar-refractivity contribution in [3.8, 4) is 0 Å². The van der Waals surface area contributed by atoms with E-state index in [0.29, 0.717) is 6.54 Å². The van der Waals surface area contributed by atoms with Gasteiger partial charge in [0, 0.05) is 12.6 Å². The molecule has 5 heteroatoms. The predicted molar refractivity (Wildman–Crippen MR) is 119 cm³/mol. The highest BCUT2D eigenvalue weighted by molar-refractivity contribution is 5.96. The average Bonchev–Trinajstić information content (AvgIpc) is 3.49. The van der Waals surface area contributed by atoms with Crippen LogP contribution in [0.15, 0.2) is 77.4 Å². The first-order chi connectivity index (χ1) is 15.1. The highest BCUT2D eigenvalue weighted by Crippen LogP contribution is 2.28. The third-order valence-corrected chi connectivity index (χ3v) is 5.84. The Hall–Kier alpha value is -3.34. The van der Waals surface area contributed by atoms with Crippen LogP contribution < -0.4 is 5.32 Å². The minimum Gasteiger partial charge on any atom is -0.459 e. The van der Waals surface area contributed by atoms with Crippen molar-refractivity contribution in [1.29, 1.82) is 0 Å². The Bertz CT molecular complexity index is 991. The Labute approximate surface area is 183 Å². The molecule has 0 spiro atoms. The van der Waals surface area contributed by atoms with Crippen LogP contribution in [0.5, 0.6) is 0 Å². The lowest BCUT2D eigenvalue weighted by Crippen LogP contribution is -2.45. The SMILES string of the molecule is Cc1ccc(C(C(=O)NC2CCCC2)N(Cc2ccccc2)C(=O)c2ccco2)cc1. The molecule has 1 aromatic heterocycles. The second-order valence-corrected chi connectivity index (χ2v) is 8.20. The monoisotopic (exact) mass is 416 g/mol. The predicted octanol–water partition coefficient (Wildman–Crippen LogP) is 5.03. The lowest BCUT2D eigenvalue weighted by molar-refractivity contribution is -0.126. The standard InChI is InChI=1S/C26H28N2O3/c1-19-13-15-21(16-14-19)24(25(29)27-22-10-5-6-11-22)28(18-20-8-3-2-4-9-20)26(30)23-12-7-17-31-23/h2-4,7-9,12-17,22,24H,5-6,10-11,18H2,1H3,(H,27,29). The van der Waals surface area contributed by atoms with E-state index in [-0.39, 0.29) is 23.6 Å². The lowest BCUT2D eigenvalue weighted by atomic mass is 10.0. The van der Waals surface area contributed by atoms with E-state index in [0.717, 1.165) is 42.4 Å². The number of furan rings is 1. The van der Waals surface area contributed by atoms with E-state index >= 15 is 0 Å². The fraction of sp³-hybridized carbons (Fsp3) is 0.308. The number of nitrogens with one attached hydrogen (secondary N) is 1. The number of aryl methyl sites for hydroxylation is 1. The molecular weight excluding hydrogens is 388 g/mol. The molecule has 1 aliphatic rings. The Kier molecular flexibility index (Phi) is 6.51. The topological polar surface area (TPSA) is 62.6 Å². The van der Waals surface area contributed by atoms with Crippen molar-refractivity contribution in [2.75, 3.05) is 0 Å². The number of benzene rings is 2. The van der Waals surface area contributed by atoms with Crippen LogP contribution in [0.1, 0.15) is 59.0 Å². The smallest absolute Gasteiger partial charge is 0.290 e. The molecule has 0 aliphatic heterocycles. The number of carbonyl (C=O) groups is 2. The maximum absolute atomic E-state index is 13.6. The molecule has 0 bridgehead atoms. The van der Waals surface area contributed by atoms with E-state index in [4.69, 9.17) is 4.42 Å². The van der Waals surface area contributed by atoms with Crippen LogP contribution in [0.25, 0.3) is 0 Å². The van der Waals surface area contributed by atoms with Crippen LogP contribution in [0.3, 0.4) is 0 Å². The summed E-state index contributed by atoms with van der Waals surface area (Å²) in [6.45, 7) is 2.31. The molecule has 1 heterocycles. The van der Waals surface area contributed by atoms with E-state index in [9.17, 15) is 9.59 Å². The Balaban J connectivity index is 1.72. The third kappa shape index (κ3) is 5.05. The zero-order valence-corrected chi connectivity index (χ0v) is 17.8. The van der Waals surface area contributed by atoms with Crippen LogP contribution in [0.2, 0.25) is 0 Å². The van der Waals surface area contributed by atoms with Gasteiger partial charge in [-0.15, -0.1) is 0 Å². The van der Waals surface area contributed by atoms with E-state index in [1.807, 2.05) is 61.5 Å². The van der Waals surface area contributed by atoms with Gasteiger partial charge in [0.2, 0.25) is 5.91 Å². The summed E-state index contributed by atoms with van der Waals surface area (Å²) in [6, 6.07) is 20.3. The summed E-state index contributed by atoms with van der Waals surface area (Å²) in [4.78, 5) is 28.7. The summed E-state index contributed by atoms with van der Waals surface area (Å²) >= 11 is 0. The van der Waals surface area contributed by atoms with Crippen molar-refractivity contribution in [3.05, 3.63) is 95.4 Å². The molecule has 2 aromatic carbocycles. The van der Waals surface area contributed by atoms with Gasteiger partial charge in [-0.2, -0.15) is 0 Å². The maximum atomic E-state index is 13.6. The highest BCUT2D eigenvalue weighted by Gasteiger charge is 2.34. The van der Waals surface area contributed by atoms with Crippen molar-refractivity contribution >= 4 is 11.8 Å². The first-order valence-corrected chi connectivity index (χ1v) is 10.9. The van der Waals surface area contributed by atoms with Crippen LogP contribution in [-0.2, 0) is 11.3 Å². The largest absolute Gasteiger partial charge is 0.459 e. The summed E-state index contributed by atoms with van der Waals surface area (Å²) in [6.07, 6.45) is 5.69. The molecule has 3 aromatic rings. The maximum Gasteiger partial charge on any atom is 0.290 e. The van der Waals surface area contributed by atoms with Crippen molar-refractivity contribution in [2.24, 2.45) is 0 Å². The van der Waals surface area contributed by atoms with Crippen molar-refractivity contribution in [2.45, 2.75) is 51.2 Å². The quantitative estimate of drug-likeness (QED) is 0.588. The van der Waals surface area contributed by atoms with E-state index in [2.05, 4.69) is 5.32 Å². The fourth-order valence-corrected chi connectivity index (χ4v) is 4.17. The molecule has 0 saturated heterocycles. The normalized spacial score (nSPS) is 14.9. The Morgan fingerprint density at radius 2 is 1.71 bits per heavy atom. The second-order valence-electron chi connectivity index (χ2n) is 8.20. The molecule has 1 fully saturated rings. The van der Waals surface area contributed by atoms with Gasteiger partial charge in [0.15, 0.2) is 5.76 Å². The minimum atomic E-state index is -0.751. The molecule has 4 rings (SSSR count). The number of nitrogens with zero attached hydrogens (tertiary/aromatic N) is 1. The van der Waals surface area contributed by atoms with Gasteiger partial charge in [0.05, 0.1) is 6.26 Å². The molecular formula is C26H28N2O3. The first-order valence-electron chi connectivity index (χ1n) is 10.9. The molecule has 1 atom stereocenters. The minimum absolute atomic E-state index is 0.147. The Morgan fingerprint density at radius 3 is 2.35 bits per heavy atom.